The summed E-state index contributed by atoms with van der Waals surface area (Å²) in [5.41, 5.74) is 0.966. The first kappa shape index (κ1) is 16.1. The van der Waals surface area contributed by atoms with E-state index in [4.69, 9.17) is 23.4 Å². The molecule has 1 aromatic rings. The number of fused-ring (bicyclic) bond motifs is 3. The largest absolute Gasteiger partial charge is 0.497 e. The molecule has 3 aliphatic rings. The number of benzene rings is 1. The van der Waals surface area contributed by atoms with E-state index in [0.29, 0.717) is 23.0 Å². The lowest BCUT2D eigenvalue weighted by molar-refractivity contribution is -0.943. The normalized spacial score (nSPS) is 28.7. The second-order valence-electron chi connectivity index (χ2n) is 6.43. The fourth-order valence-electron chi connectivity index (χ4n) is 3.80. The molecule has 3 saturated heterocycles. The minimum absolute atomic E-state index is 0.472. The summed E-state index contributed by atoms with van der Waals surface area (Å²) < 4.78 is 5.15. The van der Waals surface area contributed by atoms with Crippen molar-refractivity contribution in [2.45, 2.75) is 18.9 Å². The molecule has 1 unspecified atom stereocenters. The smallest absolute Gasteiger partial charge is 0.170 e. The maximum atomic E-state index is 5.65. The van der Waals surface area contributed by atoms with E-state index in [2.05, 4.69) is 16.6 Å². The van der Waals surface area contributed by atoms with Crippen LogP contribution >= 0.6 is 12.2 Å². The van der Waals surface area contributed by atoms with Crippen molar-refractivity contribution in [3.8, 4) is 18.1 Å². The van der Waals surface area contributed by atoms with E-state index in [1.165, 1.54) is 19.4 Å². The fourth-order valence-corrected chi connectivity index (χ4v) is 4.00. The minimum Gasteiger partial charge on any atom is -0.497 e. The molecule has 0 spiro atoms. The predicted molar refractivity (Wildman–Crippen MR) is 96.7 cm³/mol. The molecule has 3 N–H and O–H groups in total. The van der Waals surface area contributed by atoms with Gasteiger partial charge in [-0.1, -0.05) is 5.92 Å². The van der Waals surface area contributed by atoms with Crippen LogP contribution in [-0.4, -0.2) is 37.9 Å². The first-order valence-electron chi connectivity index (χ1n) is 8.19. The summed E-state index contributed by atoms with van der Waals surface area (Å²) in [5, 5.41) is 7.26. The number of anilines is 1. The Hall–Kier alpha value is -1.77. The second kappa shape index (κ2) is 7.20. The van der Waals surface area contributed by atoms with E-state index in [9.17, 15) is 0 Å². The average molecular weight is 330 g/mol. The Morgan fingerprint density at radius 1 is 1.43 bits per heavy atom. The van der Waals surface area contributed by atoms with Gasteiger partial charge in [0.1, 0.15) is 11.8 Å². The summed E-state index contributed by atoms with van der Waals surface area (Å²) in [4.78, 5) is 1.63. The third-order valence-electron chi connectivity index (χ3n) is 5.12. The molecular formula is C18H24N3OS+. The van der Waals surface area contributed by atoms with Gasteiger partial charge in [-0.05, 0) is 42.4 Å². The zero-order valence-corrected chi connectivity index (χ0v) is 14.3. The predicted octanol–water partition coefficient (Wildman–Crippen LogP) is 0.908. The highest BCUT2D eigenvalue weighted by Gasteiger charge is 2.42. The van der Waals surface area contributed by atoms with Gasteiger partial charge in [-0.25, -0.2) is 0 Å². The van der Waals surface area contributed by atoms with Gasteiger partial charge in [0.05, 0.1) is 32.7 Å². The van der Waals surface area contributed by atoms with Crippen molar-refractivity contribution < 1.29 is 9.64 Å². The Labute approximate surface area is 143 Å². The van der Waals surface area contributed by atoms with Crippen molar-refractivity contribution in [2.75, 3.05) is 32.1 Å². The molecule has 0 radical (unpaired) electrons. The van der Waals surface area contributed by atoms with Crippen LogP contribution in [0.2, 0.25) is 0 Å². The van der Waals surface area contributed by atoms with Crippen molar-refractivity contribution in [1.29, 1.82) is 0 Å². The zero-order valence-electron chi connectivity index (χ0n) is 13.5. The highest BCUT2D eigenvalue weighted by Crippen LogP contribution is 2.26. The number of ether oxygens (including phenoxy) is 1. The SMILES string of the molecule is C#C[C@H]1C[NH+]2CC[C@H]1C[C@@H]2CNC(=S)Nc1ccc(OC)cc1. The second-order valence-corrected chi connectivity index (χ2v) is 6.84. The molecule has 3 heterocycles. The van der Waals surface area contributed by atoms with Crippen LogP contribution in [0.25, 0.3) is 0 Å². The van der Waals surface area contributed by atoms with Crippen molar-refractivity contribution >= 4 is 23.0 Å². The average Bonchev–Trinajstić information content (AvgIpc) is 2.61. The van der Waals surface area contributed by atoms with Crippen LogP contribution in [0.4, 0.5) is 5.69 Å². The van der Waals surface area contributed by atoms with Crippen molar-refractivity contribution in [3.05, 3.63) is 24.3 Å². The van der Waals surface area contributed by atoms with Crippen LogP contribution in [0.3, 0.4) is 0 Å². The van der Waals surface area contributed by atoms with E-state index in [1.807, 2.05) is 24.3 Å². The van der Waals surface area contributed by atoms with E-state index in [1.54, 1.807) is 12.0 Å². The molecule has 3 aliphatic heterocycles. The number of thiocarbonyl (C=S) groups is 1. The molecule has 0 saturated carbocycles. The van der Waals surface area contributed by atoms with Crippen LogP contribution in [0, 0.1) is 24.2 Å². The molecule has 4 rings (SSSR count). The monoisotopic (exact) mass is 330 g/mol. The number of terminal acetylenes is 1. The van der Waals surface area contributed by atoms with Crippen LogP contribution in [0.1, 0.15) is 12.8 Å². The Bertz CT molecular complexity index is 595. The van der Waals surface area contributed by atoms with E-state index in [-0.39, 0.29) is 0 Å². The molecular weight excluding hydrogens is 306 g/mol. The van der Waals surface area contributed by atoms with Crippen LogP contribution in [0.15, 0.2) is 24.3 Å². The lowest BCUT2D eigenvalue weighted by Crippen LogP contribution is -3.20. The Morgan fingerprint density at radius 3 is 2.83 bits per heavy atom. The summed E-state index contributed by atoms with van der Waals surface area (Å²) in [6.45, 7) is 3.27. The molecule has 1 aromatic carbocycles. The van der Waals surface area contributed by atoms with Gasteiger partial charge in [0.2, 0.25) is 0 Å². The van der Waals surface area contributed by atoms with Gasteiger partial charge >= 0.3 is 0 Å². The van der Waals surface area contributed by atoms with Crippen LogP contribution in [-0.2, 0) is 0 Å². The summed E-state index contributed by atoms with van der Waals surface area (Å²) in [6.07, 6.45) is 8.13. The lowest BCUT2D eigenvalue weighted by atomic mass is 9.76. The number of nitrogens with one attached hydrogen (secondary N) is 3. The quantitative estimate of drug-likeness (QED) is 0.567. The number of piperidine rings is 3. The lowest BCUT2D eigenvalue weighted by Gasteiger charge is -2.45. The molecule has 4 nitrogen and oxygen atoms in total. The van der Waals surface area contributed by atoms with Gasteiger partial charge in [-0.2, -0.15) is 0 Å². The van der Waals surface area contributed by atoms with Gasteiger partial charge in [-0.3, -0.25) is 0 Å². The molecule has 3 fully saturated rings. The fraction of sp³-hybridized carbons (Fsp3) is 0.500. The van der Waals surface area contributed by atoms with Crippen molar-refractivity contribution in [1.82, 2.24) is 5.32 Å². The van der Waals surface area contributed by atoms with Crippen molar-refractivity contribution in [2.24, 2.45) is 11.8 Å². The molecule has 0 amide bonds. The number of quaternary nitrogens is 1. The number of methoxy groups -OCH3 is 1. The van der Waals surface area contributed by atoms with Gasteiger partial charge in [-0.15, -0.1) is 6.42 Å². The maximum absolute atomic E-state index is 5.65. The molecule has 122 valence electrons. The maximum Gasteiger partial charge on any atom is 0.170 e. The number of hydrogen-bond donors (Lipinski definition) is 3. The third kappa shape index (κ3) is 3.77. The molecule has 0 aliphatic carbocycles. The minimum atomic E-state index is 0.472. The summed E-state index contributed by atoms with van der Waals surface area (Å²) in [7, 11) is 1.66. The highest BCUT2D eigenvalue weighted by molar-refractivity contribution is 7.80. The Morgan fingerprint density at radius 2 is 2.22 bits per heavy atom. The van der Waals surface area contributed by atoms with Gasteiger partial charge < -0.3 is 20.3 Å². The van der Waals surface area contributed by atoms with Gasteiger partial charge in [0, 0.05) is 18.5 Å². The zero-order chi connectivity index (χ0) is 16.2. The van der Waals surface area contributed by atoms with Gasteiger partial charge in [0.25, 0.3) is 0 Å². The van der Waals surface area contributed by atoms with Crippen LogP contribution < -0.4 is 20.3 Å². The summed E-state index contributed by atoms with van der Waals surface area (Å²) in [6, 6.07) is 8.37. The number of rotatable bonds is 4. The Balaban J connectivity index is 1.47. The summed E-state index contributed by atoms with van der Waals surface area (Å²) in [5.74, 6) is 4.99. The number of hydrogen-bond acceptors (Lipinski definition) is 2. The third-order valence-corrected chi connectivity index (χ3v) is 5.37. The standard InChI is InChI=1S/C18H23N3OS/c1-3-13-12-21-9-8-14(13)10-16(21)11-19-18(23)20-15-4-6-17(22-2)7-5-15/h1,4-7,13-14,16H,8-12H2,2H3,(H2,19,20,23)/p+1/t13-,14-,16+/m0/s1. The van der Waals surface area contributed by atoms with Crippen LogP contribution in [0.5, 0.6) is 5.75 Å². The van der Waals surface area contributed by atoms with Gasteiger partial charge in [0.15, 0.2) is 5.11 Å². The van der Waals surface area contributed by atoms with E-state index in [0.717, 1.165) is 24.5 Å². The van der Waals surface area contributed by atoms with E-state index >= 15 is 0 Å². The molecule has 23 heavy (non-hydrogen) atoms. The Kier molecular flexibility index (Phi) is 5.04. The molecule has 2 bridgehead atoms. The van der Waals surface area contributed by atoms with E-state index < -0.39 is 0 Å². The first-order valence-corrected chi connectivity index (χ1v) is 8.60. The first-order chi connectivity index (χ1) is 11.2. The molecule has 4 atom stereocenters. The molecule has 0 aromatic heterocycles. The topological polar surface area (TPSA) is 37.7 Å². The summed E-state index contributed by atoms with van der Waals surface area (Å²) >= 11 is 5.40. The highest BCUT2D eigenvalue weighted by atomic mass is 32.1. The van der Waals surface area contributed by atoms with Crippen molar-refractivity contribution in [3.63, 3.8) is 0 Å². The molecule has 5 heteroatoms.